The van der Waals surface area contributed by atoms with E-state index in [1.54, 1.807) is 11.8 Å². The van der Waals surface area contributed by atoms with Crippen LogP contribution in [0.5, 0.6) is 0 Å². The molecule has 174 valence electrons. The lowest BCUT2D eigenvalue weighted by Crippen LogP contribution is -2.52. The van der Waals surface area contributed by atoms with E-state index in [-0.39, 0.29) is 18.4 Å². The summed E-state index contributed by atoms with van der Waals surface area (Å²) in [5.41, 5.74) is 4.51. The van der Waals surface area contributed by atoms with Crippen LogP contribution in [0.25, 0.3) is 11.1 Å². The van der Waals surface area contributed by atoms with E-state index >= 15 is 0 Å². The maximum absolute atomic E-state index is 13.1. The van der Waals surface area contributed by atoms with Gasteiger partial charge in [-0.25, -0.2) is 9.59 Å². The van der Waals surface area contributed by atoms with E-state index < -0.39 is 24.1 Å². The van der Waals surface area contributed by atoms with E-state index in [0.717, 1.165) is 22.3 Å². The summed E-state index contributed by atoms with van der Waals surface area (Å²) in [4.78, 5) is 38.7. The van der Waals surface area contributed by atoms with Gasteiger partial charge in [-0.3, -0.25) is 4.79 Å². The number of fused-ring (bicyclic) bond motifs is 3. The number of nitrogens with one attached hydrogen (secondary N) is 1. The molecule has 1 aliphatic heterocycles. The molecular weight excluding hydrogens is 440 g/mol. The van der Waals surface area contributed by atoms with Crippen molar-refractivity contribution in [3.8, 4) is 11.1 Å². The molecule has 2 N–H and O–H groups in total. The Morgan fingerprint density at radius 2 is 1.76 bits per heavy atom. The van der Waals surface area contributed by atoms with E-state index in [9.17, 15) is 19.5 Å². The fourth-order valence-corrected chi connectivity index (χ4v) is 5.23. The first-order chi connectivity index (χ1) is 16.0. The van der Waals surface area contributed by atoms with Crippen LogP contribution in [0.3, 0.4) is 0 Å². The van der Waals surface area contributed by atoms with Crippen LogP contribution in [-0.4, -0.2) is 65.2 Å². The van der Waals surface area contributed by atoms with E-state index in [1.165, 1.54) is 4.90 Å². The summed E-state index contributed by atoms with van der Waals surface area (Å²) in [6.45, 7) is 0.544. The van der Waals surface area contributed by atoms with Gasteiger partial charge in [0.25, 0.3) is 0 Å². The Balaban J connectivity index is 1.43. The molecule has 2 aliphatic rings. The molecule has 2 aromatic rings. The number of carbonyl (C=O) groups is 3. The Bertz CT molecular complexity index is 997. The summed E-state index contributed by atoms with van der Waals surface area (Å²) in [6.07, 6.45) is 2.74. The Hall–Kier alpha value is -3.00. The van der Waals surface area contributed by atoms with Crippen molar-refractivity contribution < 1.29 is 24.2 Å². The molecule has 1 aliphatic carbocycles. The number of hydrogen-bond donors (Lipinski definition) is 2. The Morgan fingerprint density at radius 3 is 2.36 bits per heavy atom. The molecule has 8 heteroatoms. The first kappa shape index (κ1) is 23.2. The molecule has 1 heterocycles. The standard InChI is InChI=1S/C25H28N2O5S/c1-33-14-12-21(23(28)27-13-6-11-22(27)24(29)30)26-25(31)32-15-20-18-9-4-2-7-16(18)17-8-3-5-10-19(17)20/h2-5,7-10,20-22H,6,11-15H2,1H3,(H,26,31)(H,29,30)/t21-,22+/m0/s1. The number of thioether (sulfide) groups is 1. The number of nitrogens with zero attached hydrogens (tertiary/aromatic N) is 1. The lowest BCUT2D eigenvalue weighted by molar-refractivity contribution is -0.149. The van der Waals surface area contributed by atoms with Crippen LogP contribution in [-0.2, 0) is 14.3 Å². The summed E-state index contributed by atoms with van der Waals surface area (Å²) < 4.78 is 5.59. The Labute approximate surface area is 197 Å². The molecular formula is C25H28N2O5S. The van der Waals surface area contributed by atoms with Crippen LogP contribution in [0.2, 0.25) is 0 Å². The lowest BCUT2D eigenvalue weighted by atomic mass is 9.98. The first-order valence-corrected chi connectivity index (χ1v) is 12.5. The van der Waals surface area contributed by atoms with Crippen molar-refractivity contribution in [1.29, 1.82) is 0 Å². The van der Waals surface area contributed by atoms with Gasteiger partial charge in [0.15, 0.2) is 0 Å². The smallest absolute Gasteiger partial charge is 0.407 e. The van der Waals surface area contributed by atoms with E-state index in [4.69, 9.17) is 4.74 Å². The highest BCUT2D eigenvalue weighted by Gasteiger charge is 2.38. The number of alkyl carbamates (subject to hydrolysis) is 1. The fraction of sp³-hybridized carbons (Fsp3) is 0.400. The first-order valence-electron chi connectivity index (χ1n) is 11.1. The van der Waals surface area contributed by atoms with Gasteiger partial charge in [-0.15, -0.1) is 0 Å². The highest BCUT2D eigenvalue weighted by atomic mass is 32.2. The molecule has 0 spiro atoms. The number of aliphatic carboxylic acids is 1. The maximum atomic E-state index is 13.1. The van der Waals surface area contributed by atoms with Crippen molar-refractivity contribution >= 4 is 29.7 Å². The molecule has 0 unspecified atom stereocenters. The highest BCUT2D eigenvalue weighted by molar-refractivity contribution is 7.98. The molecule has 0 bridgehead atoms. The van der Waals surface area contributed by atoms with Crippen LogP contribution in [0.1, 0.15) is 36.3 Å². The minimum absolute atomic E-state index is 0.0709. The third kappa shape index (κ3) is 4.85. The summed E-state index contributed by atoms with van der Waals surface area (Å²) >= 11 is 1.56. The van der Waals surface area contributed by atoms with Crippen molar-refractivity contribution in [2.24, 2.45) is 0 Å². The second-order valence-electron chi connectivity index (χ2n) is 8.33. The average molecular weight is 469 g/mol. The molecule has 2 atom stereocenters. The number of benzene rings is 2. The molecule has 4 rings (SSSR count). The number of likely N-dealkylation sites (tertiary alicyclic amines) is 1. The Morgan fingerprint density at radius 1 is 1.12 bits per heavy atom. The number of rotatable bonds is 8. The predicted octanol–water partition coefficient (Wildman–Crippen LogP) is 3.72. The van der Waals surface area contributed by atoms with Crippen LogP contribution >= 0.6 is 11.8 Å². The van der Waals surface area contributed by atoms with Gasteiger partial charge in [0.2, 0.25) is 5.91 Å². The summed E-state index contributed by atoms with van der Waals surface area (Å²) in [5, 5.41) is 12.1. The van der Waals surface area contributed by atoms with Crippen LogP contribution in [0.15, 0.2) is 48.5 Å². The summed E-state index contributed by atoms with van der Waals surface area (Å²) in [7, 11) is 0. The maximum Gasteiger partial charge on any atom is 0.407 e. The third-order valence-corrected chi connectivity index (χ3v) is 7.01. The van der Waals surface area contributed by atoms with Crippen LogP contribution in [0, 0.1) is 0 Å². The summed E-state index contributed by atoms with van der Waals surface area (Å²) in [6, 6.07) is 14.5. The minimum Gasteiger partial charge on any atom is -0.480 e. The zero-order chi connectivity index (χ0) is 23.4. The third-order valence-electron chi connectivity index (χ3n) is 6.37. The van der Waals surface area contributed by atoms with Crippen molar-refractivity contribution in [3.63, 3.8) is 0 Å². The highest BCUT2D eigenvalue weighted by Crippen LogP contribution is 2.44. The number of carboxylic acid groups (broad SMARTS) is 1. The molecule has 33 heavy (non-hydrogen) atoms. The molecule has 2 aromatic carbocycles. The van der Waals surface area contributed by atoms with Gasteiger partial charge in [0, 0.05) is 12.5 Å². The van der Waals surface area contributed by atoms with E-state index in [2.05, 4.69) is 17.4 Å². The molecule has 7 nitrogen and oxygen atoms in total. The number of carboxylic acids is 1. The number of amides is 2. The SMILES string of the molecule is CSCC[C@H](NC(=O)OCC1c2ccccc2-c2ccccc21)C(=O)N1CCC[C@@H]1C(=O)O. The molecule has 0 aromatic heterocycles. The second-order valence-corrected chi connectivity index (χ2v) is 9.32. The van der Waals surface area contributed by atoms with Gasteiger partial charge in [0.05, 0.1) is 0 Å². The predicted molar refractivity (Wildman–Crippen MR) is 127 cm³/mol. The second kappa shape index (κ2) is 10.3. The van der Waals surface area contributed by atoms with Crippen molar-refractivity contribution in [3.05, 3.63) is 59.7 Å². The number of hydrogen-bond acceptors (Lipinski definition) is 5. The molecule has 0 saturated carbocycles. The van der Waals surface area contributed by atoms with Crippen molar-refractivity contribution in [2.75, 3.05) is 25.2 Å². The average Bonchev–Trinajstić information content (AvgIpc) is 3.43. The van der Waals surface area contributed by atoms with Crippen LogP contribution < -0.4 is 5.32 Å². The number of carbonyl (C=O) groups excluding carboxylic acids is 2. The lowest BCUT2D eigenvalue weighted by Gasteiger charge is -2.27. The van der Waals surface area contributed by atoms with Crippen molar-refractivity contribution in [1.82, 2.24) is 10.2 Å². The quantitative estimate of drug-likeness (QED) is 0.613. The zero-order valence-corrected chi connectivity index (χ0v) is 19.3. The fourth-order valence-electron chi connectivity index (χ4n) is 4.76. The van der Waals surface area contributed by atoms with Gasteiger partial charge >= 0.3 is 12.1 Å². The number of ether oxygens (including phenoxy) is 1. The molecule has 1 saturated heterocycles. The van der Waals surface area contributed by atoms with E-state index in [1.807, 2.05) is 42.7 Å². The molecule has 2 amide bonds. The summed E-state index contributed by atoms with van der Waals surface area (Å²) in [5.74, 6) is -0.780. The largest absolute Gasteiger partial charge is 0.480 e. The van der Waals surface area contributed by atoms with Gasteiger partial charge in [-0.05, 0) is 53.5 Å². The van der Waals surface area contributed by atoms with Gasteiger partial charge in [-0.1, -0.05) is 48.5 Å². The van der Waals surface area contributed by atoms with Crippen LogP contribution in [0.4, 0.5) is 4.79 Å². The van der Waals surface area contributed by atoms with Gasteiger partial charge in [0.1, 0.15) is 18.7 Å². The zero-order valence-electron chi connectivity index (χ0n) is 18.5. The van der Waals surface area contributed by atoms with E-state index in [0.29, 0.717) is 31.6 Å². The monoisotopic (exact) mass is 468 g/mol. The normalized spacial score (nSPS) is 17.8. The topological polar surface area (TPSA) is 95.9 Å². The molecule has 1 fully saturated rings. The Kier molecular flexibility index (Phi) is 7.23. The minimum atomic E-state index is -1.01. The van der Waals surface area contributed by atoms with Gasteiger partial charge < -0.3 is 20.1 Å². The van der Waals surface area contributed by atoms with Gasteiger partial charge in [-0.2, -0.15) is 11.8 Å². The molecule has 0 radical (unpaired) electrons. The van der Waals surface area contributed by atoms with Crippen molar-refractivity contribution in [2.45, 2.75) is 37.3 Å².